The van der Waals surface area contributed by atoms with Crippen molar-refractivity contribution in [3.63, 3.8) is 0 Å². The van der Waals surface area contributed by atoms with E-state index in [9.17, 15) is 15.2 Å². The number of para-hydroxylation sites is 1. The molecule has 0 bridgehead atoms. The van der Waals surface area contributed by atoms with Crippen LogP contribution in [0.5, 0.6) is 0 Å². The van der Waals surface area contributed by atoms with Gasteiger partial charge in [0.1, 0.15) is 0 Å². The van der Waals surface area contributed by atoms with Crippen molar-refractivity contribution in [2.45, 2.75) is 44.8 Å². The highest BCUT2D eigenvalue weighted by molar-refractivity contribution is 5.39. The highest BCUT2D eigenvalue weighted by atomic mass is 16.6. The molecule has 1 aliphatic rings. The van der Waals surface area contributed by atoms with Gasteiger partial charge in [-0.05, 0) is 31.6 Å². The number of nitro groups is 1. The average molecular weight is 278 g/mol. The van der Waals surface area contributed by atoms with Gasteiger partial charge in [-0.25, -0.2) is 0 Å². The lowest BCUT2D eigenvalue weighted by atomic mass is 9.79. The highest BCUT2D eigenvalue weighted by Crippen LogP contribution is 2.31. The summed E-state index contributed by atoms with van der Waals surface area (Å²) >= 11 is 0. The van der Waals surface area contributed by atoms with Crippen LogP contribution < -0.4 is 5.32 Å². The Morgan fingerprint density at radius 2 is 2.05 bits per heavy atom. The molecule has 1 aliphatic carbocycles. The Morgan fingerprint density at radius 3 is 2.70 bits per heavy atom. The summed E-state index contributed by atoms with van der Waals surface area (Å²) in [5, 5.41) is 24.5. The number of aliphatic hydroxyl groups is 1. The van der Waals surface area contributed by atoms with Crippen LogP contribution in [0, 0.1) is 16.0 Å². The van der Waals surface area contributed by atoms with E-state index in [1.54, 1.807) is 18.2 Å². The van der Waals surface area contributed by atoms with Crippen molar-refractivity contribution in [3.8, 4) is 0 Å². The molecule has 0 atom stereocenters. The summed E-state index contributed by atoms with van der Waals surface area (Å²) in [6, 6.07) is 6.71. The number of nitrogens with zero attached hydrogens (tertiary/aromatic N) is 1. The first-order valence-electron chi connectivity index (χ1n) is 7.15. The molecular weight excluding hydrogens is 256 g/mol. The summed E-state index contributed by atoms with van der Waals surface area (Å²) < 4.78 is 0. The zero-order chi connectivity index (χ0) is 14.6. The normalized spacial score (nSPS) is 26.4. The molecule has 0 radical (unpaired) electrons. The monoisotopic (exact) mass is 278 g/mol. The maximum absolute atomic E-state index is 10.9. The minimum atomic E-state index is -0.657. The standard InChI is InChI=1S/C15H22N2O3/c1-12-6-8-15(18,9-7-12)11-16-10-13-4-2-3-5-14(13)17(19)20/h2-5,12,16,18H,6-11H2,1H3. The van der Waals surface area contributed by atoms with Crippen LogP contribution in [0.15, 0.2) is 24.3 Å². The van der Waals surface area contributed by atoms with Crippen LogP contribution in [-0.4, -0.2) is 22.2 Å². The van der Waals surface area contributed by atoms with Gasteiger partial charge in [-0.2, -0.15) is 0 Å². The molecule has 2 rings (SSSR count). The van der Waals surface area contributed by atoms with Gasteiger partial charge in [0, 0.05) is 24.7 Å². The second-order valence-electron chi connectivity index (χ2n) is 5.90. The van der Waals surface area contributed by atoms with E-state index in [4.69, 9.17) is 0 Å². The predicted octanol–water partition coefficient (Wildman–Crippen LogP) is 2.63. The fourth-order valence-electron chi connectivity index (χ4n) is 2.74. The fourth-order valence-corrected chi connectivity index (χ4v) is 2.74. The Hall–Kier alpha value is -1.46. The second-order valence-corrected chi connectivity index (χ2v) is 5.90. The lowest BCUT2D eigenvalue weighted by Crippen LogP contribution is -2.43. The van der Waals surface area contributed by atoms with Crippen molar-refractivity contribution < 1.29 is 10.0 Å². The molecule has 0 saturated heterocycles. The van der Waals surface area contributed by atoms with Gasteiger partial charge < -0.3 is 10.4 Å². The molecule has 20 heavy (non-hydrogen) atoms. The smallest absolute Gasteiger partial charge is 0.273 e. The van der Waals surface area contributed by atoms with E-state index in [-0.39, 0.29) is 10.6 Å². The van der Waals surface area contributed by atoms with Crippen LogP contribution in [0.25, 0.3) is 0 Å². The molecule has 1 fully saturated rings. The number of benzene rings is 1. The summed E-state index contributed by atoms with van der Waals surface area (Å²) in [6.07, 6.45) is 3.70. The lowest BCUT2D eigenvalue weighted by Gasteiger charge is -2.35. The predicted molar refractivity (Wildman–Crippen MR) is 77.4 cm³/mol. The molecule has 0 aliphatic heterocycles. The third kappa shape index (κ3) is 3.77. The van der Waals surface area contributed by atoms with Crippen molar-refractivity contribution >= 4 is 5.69 Å². The zero-order valence-electron chi connectivity index (χ0n) is 11.8. The SMILES string of the molecule is CC1CCC(O)(CNCc2ccccc2[N+](=O)[O-])CC1. The Balaban J connectivity index is 1.88. The van der Waals surface area contributed by atoms with E-state index in [2.05, 4.69) is 12.2 Å². The van der Waals surface area contributed by atoms with Crippen LogP contribution in [-0.2, 0) is 6.54 Å². The molecule has 0 spiro atoms. The van der Waals surface area contributed by atoms with Crippen LogP contribution in [0.4, 0.5) is 5.69 Å². The van der Waals surface area contributed by atoms with E-state index in [0.717, 1.165) is 25.7 Å². The van der Waals surface area contributed by atoms with E-state index in [1.807, 2.05) is 0 Å². The number of nitrogens with one attached hydrogen (secondary N) is 1. The molecule has 0 unspecified atom stereocenters. The first-order chi connectivity index (χ1) is 9.50. The van der Waals surface area contributed by atoms with Gasteiger partial charge in [-0.15, -0.1) is 0 Å². The molecule has 0 heterocycles. The van der Waals surface area contributed by atoms with Crippen LogP contribution in [0.2, 0.25) is 0 Å². The quantitative estimate of drug-likeness (QED) is 0.641. The Kier molecular flexibility index (Phi) is 4.73. The Morgan fingerprint density at radius 1 is 1.40 bits per heavy atom. The first-order valence-corrected chi connectivity index (χ1v) is 7.15. The van der Waals surface area contributed by atoms with Crippen LogP contribution >= 0.6 is 0 Å². The van der Waals surface area contributed by atoms with Crippen molar-refractivity contribution in [1.29, 1.82) is 0 Å². The van der Waals surface area contributed by atoms with Gasteiger partial charge >= 0.3 is 0 Å². The number of hydrogen-bond donors (Lipinski definition) is 2. The van der Waals surface area contributed by atoms with Crippen molar-refractivity contribution in [1.82, 2.24) is 5.32 Å². The van der Waals surface area contributed by atoms with Gasteiger partial charge in [-0.1, -0.05) is 25.1 Å². The minimum Gasteiger partial charge on any atom is -0.389 e. The van der Waals surface area contributed by atoms with Crippen molar-refractivity contribution in [3.05, 3.63) is 39.9 Å². The van der Waals surface area contributed by atoms with Crippen molar-refractivity contribution in [2.75, 3.05) is 6.54 Å². The summed E-state index contributed by atoms with van der Waals surface area (Å²) in [5.41, 5.74) is 0.130. The Labute approximate surface area is 119 Å². The largest absolute Gasteiger partial charge is 0.389 e. The van der Waals surface area contributed by atoms with Crippen LogP contribution in [0.1, 0.15) is 38.2 Å². The molecular formula is C15H22N2O3. The second kappa shape index (κ2) is 6.33. The Bertz CT molecular complexity index is 468. The summed E-state index contributed by atoms with van der Waals surface area (Å²) in [7, 11) is 0. The van der Waals surface area contributed by atoms with Gasteiger partial charge in [0.2, 0.25) is 0 Å². The van der Waals surface area contributed by atoms with E-state index in [0.29, 0.717) is 24.6 Å². The van der Waals surface area contributed by atoms with Gasteiger partial charge in [0.15, 0.2) is 0 Å². The number of hydrogen-bond acceptors (Lipinski definition) is 4. The minimum absolute atomic E-state index is 0.129. The molecule has 1 saturated carbocycles. The van der Waals surface area contributed by atoms with E-state index < -0.39 is 5.60 Å². The number of nitro benzene ring substituents is 1. The van der Waals surface area contributed by atoms with Gasteiger partial charge in [0.05, 0.1) is 10.5 Å². The van der Waals surface area contributed by atoms with E-state index in [1.165, 1.54) is 6.07 Å². The van der Waals surface area contributed by atoms with Crippen molar-refractivity contribution in [2.24, 2.45) is 5.92 Å². The van der Waals surface area contributed by atoms with Gasteiger partial charge in [0.25, 0.3) is 5.69 Å². The zero-order valence-corrected chi connectivity index (χ0v) is 11.8. The molecule has 1 aromatic carbocycles. The molecule has 0 aromatic heterocycles. The van der Waals surface area contributed by atoms with Crippen LogP contribution in [0.3, 0.4) is 0 Å². The highest BCUT2D eigenvalue weighted by Gasteiger charge is 2.31. The maximum Gasteiger partial charge on any atom is 0.273 e. The molecule has 1 aromatic rings. The summed E-state index contributed by atoms with van der Waals surface area (Å²) in [4.78, 5) is 10.5. The third-order valence-corrected chi connectivity index (χ3v) is 4.16. The molecule has 2 N–H and O–H groups in total. The molecule has 0 amide bonds. The lowest BCUT2D eigenvalue weighted by molar-refractivity contribution is -0.385. The topological polar surface area (TPSA) is 75.4 Å². The third-order valence-electron chi connectivity index (χ3n) is 4.16. The van der Waals surface area contributed by atoms with Gasteiger partial charge in [-0.3, -0.25) is 10.1 Å². The number of rotatable bonds is 5. The molecule has 110 valence electrons. The average Bonchev–Trinajstić information content (AvgIpc) is 2.43. The molecule has 5 nitrogen and oxygen atoms in total. The summed E-state index contributed by atoms with van der Waals surface area (Å²) in [5.74, 6) is 0.686. The van der Waals surface area contributed by atoms with E-state index >= 15 is 0 Å². The maximum atomic E-state index is 10.9. The first kappa shape index (κ1) is 14.9. The summed E-state index contributed by atoms with van der Waals surface area (Å²) in [6.45, 7) is 3.11. The molecule has 5 heteroatoms. The fraction of sp³-hybridized carbons (Fsp3) is 0.600.